The maximum Gasteiger partial charge on any atom is 0.152 e. The molecule has 2 aliphatic rings. The molecule has 2 aliphatic heterocycles. The first-order valence-electron chi connectivity index (χ1n) is 11.0. The van der Waals surface area contributed by atoms with E-state index in [4.69, 9.17) is 9.73 Å². The van der Waals surface area contributed by atoms with E-state index in [-0.39, 0.29) is 6.04 Å². The fourth-order valence-electron chi connectivity index (χ4n) is 5.01. The summed E-state index contributed by atoms with van der Waals surface area (Å²) >= 11 is 0. The molecule has 0 amide bonds. The number of aromatic nitrogens is 1. The van der Waals surface area contributed by atoms with Crippen molar-refractivity contribution < 1.29 is 4.74 Å². The summed E-state index contributed by atoms with van der Waals surface area (Å²) in [4.78, 5) is 5.00. The second-order valence-corrected chi connectivity index (χ2v) is 8.59. The smallest absolute Gasteiger partial charge is 0.152 e. The zero-order valence-corrected chi connectivity index (χ0v) is 19.4. The quantitative estimate of drug-likeness (QED) is 0.610. The molecule has 2 aromatic rings. The van der Waals surface area contributed by atoms with Crippen LogP contribution in [-0.4, -0.2) is 30.0 Å². The lowest BCUT2D eigenvalue weighted by Gasteiger charge is -2.39. The summed E-state index contributed by atoms with van der Waals surface area (Å²) in [5.41, 5.74) is 8.87. The highest BCUT2D eigenvalue weighted by molar-refractivity contribution is 6.06. The van der Waals surface area contributed by atoms with Crippen molar-refractivity contribution in [1.29, 1.82) is 0 Å². The average Bonchev–Trinajstić information content (AvgIpc) is 3.19. The van der Waals surface area contributed by atoms with E-state index in [9.17, 15) is 0 Å². The Kier molecular flexibility index (Phi) is 5.49. The van der Waals surface area contributed by atoms with Crippen LogP contribution in [-0.2, 0) is 17.7 Å². The van der Waals surface area contributed by atoms with Crippen molar-refractivity contribution in [2.75, 3.05) is 23.7 Å². The van der Waals surface area contributed by atoms with Crippen LogP contribution in [0, 0.1) is 20.8 Å². The number of benzene rings is 1. The van der Waals surface area contributed by atoms with Crippen LogP contribution in [0.2, 0.25) is 0 Å². The molecule has 30 heavy (non-hydrogen) atoms. The number of fused-ring (bicyclic) bond motifs is 3. The third-order valence-electron chi connectivity index (χ3n) is 6.19. The van der Waals surface area contributed by atoms with Crippen LogP contribution in [0.25, 0.3) is 0 Å². The Balaban J connectivity index is 1.88. The standard InChI is InChI=1S/C25H34N4O/c1-8-21-15-22-20(6)26-23-14-19(5)28(24-17(3)12-16(2)13-18(24)4)29(23)25(22)27(21)10-9-11-30-7/h12-15,19H,8-11H2,1-7H3. The van der Waals surface area contributed by atoms with Gasteiger partial charge in [-0.2, -0.15) is 0 Å². The molecule has 0 saturated heterocycles. The van der Waals surface area contributed by atoms with Gasteiger partial charge in [0.05, 0.1) is 17.4 Å². The van der Waals surface area contributed by atoms with Gasteiger partial charge in [0, 0.05) is 31.5 Å². The zero-order valence-electron chi connectivity index (χ0n) is 19.4. The van der Waals surface area contributed by atoms with Gasteiger partial charge in [0.25, 0.3) is 0 Å². The molecular weight excluding hydrogens is 372 g/mol. The van der Waals surface area contributed by atoms with Crippen LogP contribution in [0.5, 0.6) is 0 Å². The summed E-state index contributed by atoms with van der Waals surface area (Å²) < 4.78 is 7.82. The highest BCUT2D eigenvalue weighted by atomic mass is 16.5. The monoisotopic (exact) mass is 406 g/mol. The lowest BCUT2D eigenvalue weighted by Crippen LogP contribution is -2.45. The maximum absolute atomic E-state index is 5.34. The van der Waals surface area contributed by atoms with Gasteiger partial charge in [-0.05, 0) is 70.7 Å². The number of hydrazine groups is 1. The van der Waals surface area contributed by atoms with Gasteiger partial charge >= 0.3 is 0 Å². The van der Waals surface area contributed by atoms with E-state index < -0.39 is 0 Å². The van der Waals surface area contributed by atoms with E-state index in [0.717, 1.165) is 37.5 Å². The largest absolute Gasteiger partial charge is 0.385 e. The molecular formula is C25H34N4O. The van der Waals surface area contributed by atoms with Crippen molar-refractivity contribution in [3.05, 3.63) is 58.0 Å². The fraction of sp³-hybridized carbons (Fsp3) is 0.480. The Morgan fingerprint density at radius 3 is 2.40 bits per heavy atom. The minimum atomic E-state index is 0.231. The summed E-state index contributed by atoms with van der Waals surface area (Å²) in [7, 11) is 1.77. The summed E-state index contributed by atoms with van der Waals surface area (Å²) in [6, 6.07) is 7.12. The van der Waals surface area contributed by atoms with Gasteiger partial charge in [0.1, 0.15) is 5.82 Å². The normalized spacial score (nSPS) is 17.8. The molecule has 5 heteroatoms. The summed E-state index contributed by atoms with van der Waals surface area (Å²) in [5, 5.41) is 4.78. The van der Waals surface area contributed by atoms with E-state index in [0.29, 0.717) is 0 Å². The lowest BCUT2D eigenvalue weighted by molar-refractivity contribution is 0.190. The van der Waals surface area contributed by atoms with Crippen LogP contribution < -0.4 is 10.0 Å². The minimum Gasteiger partial charge on any atom is -0.385 e. The van der Waals surface area contributed by atoms with Crippen LogP contribution in [0.15, 0.2) is 35.1 Å². The molecule has 0 saturated carbocycles. The first-order valence-corrected chi connectivity index (χ1v) is 11.0. The molecule has 5 nitrogen and oxygen atoms in total. The number of nitrogens with zero attached hydrogens (tertiary/aromatic N) is 4. The van der Waals surface area contributed by atoms with E-state index in [1.807, 2.05) is 0 Å². The topological polar surface area (TPSA) is 33.0 Å². The number of ether oxygens (including phenoxy) is 1. The first kappa shape index (κ1) is 20.7. The van der Waals surface area contributed by atoms with Crippen LogP contribution >= 0.6 is 0 Å². The van der Waals surface area contributed by atoms with Crippen molar-refractivity contribution in [2.45, 2.75) is 67.0 Å². The van der Waals surface area contributed by atoms with Gasteiger partial charge in [-0.25, -0.2) is 10.0 Å². The lowest BCUT2D eigenvalue weighted by atomic mass is 10.0. The van der Waals surface area contributed by atoms with Crippen molar-refractivity contribution in [1.82, 2.24) is 4.57 Å². The number of hydrogen-bond donors (Lipinski definition) is 0. The predicted molar refractivity (Wildman–Crippen MR) is 126 cm³/mol. The van der Waals surface area contributed by atoms with E-state index in [1.54, 1.807) is 7.11 Å². The first-order chi connectivity index (χ1) is 14.4. The Labute approximate surface area is 180 Å². The Morgan fingerprint density at radius 1 is 1.07 bits per heavy atom. The van der Waals surface area contributed by atoms with Gasteiger partial charge in [-0.15, -0.1) is 0 Å². The third-order valence-corrected chi connectivity index (χ3v) is 6.19. The second kappa shape index (κ2) is 7.95. The molecule has 0 fully saturated rings. The van der Waals surface area contributed by atoms with Crippen molar-refractivity contribution >= 4 is 17.2 Å². The molecule has 1 unspecified atom stereocenters. The SMILES string of the molecule is CCc1cc2c(n1CCCOC)N1C(=CC(C)N1c1c(C)cc(C)cc1C)N=C2C. The molecule has 0 spiro atoms. The summed E-state index contributed by atoms with van der Waals surface area (Å²) in [6.45, 7) is 14.9. The Morgan fingerprint density at radius 2 is 1.77 bits per heavy atom. The van der Waals surface area contributed by atoms with Crippen molar-refractivity contribution in [3.63, 3.8) is 0 Å². The van der Waals surface area contributed by atoms with E-state index in [1.165, 1.54) is 39.5 Å². The molecule has 1 aromatic carbocycles. The number of aryl methyl sites for hydroxylation is 4. The van der Waals surface area contributed by atoms with Crippen molar-refractivity contribution in [2.24, 2.45) is 4.99 Å². The van der Waals surface area contributed by atoms with Crippen molar-refractivity contribution in [3.8, 4) is 0 Å². The van der Waals surface area contributed by atoms with Gasteiger partial charge in [-0.1, -0.05) is 24.6 Å². The molecule has 0 radical (unpaired) electrons. The average molecular weight is 407 g/mol. The van der Waals surface area contributed by atoms with Crippen LogP contribution in [0.1, 0.15) is 55.1 Å². The minimum absolute atomic E-state index is 0.231. The van der Waals surface area contributed by atoms with Crippen LogP contribution in [0.4, 0.5) is 11.5 Å². The molecule has 1 atom stereocenters. The number of rotatable bonds is 6. The fourth-order valence-corrected chi connectivity index (χ4v) is 5.01. The predicted octanol–water partition coefficient (Wildman–Crippen LogP) is 5.31. The molecule has 0 N–H and O–H groups in total. The zero-order chi connectivity index (χ0) is 21.6. The molecule has 1 aromatic heterocycles. The maximum atomic E-state index is 5.34. The molecule has 0 bridgehead atoms. The number of anilines is 2. The highest BCUT2D eigenvalue weighted by Crippen LogP contribution is 2.43. The van der Waals surface area contributed by atoms with Gasteiger partial charge in [0.2, 0.25) is 0 Å². The van der Waals surface area contributed by atoms with E-state index >= 15 is 0 Å². The van der Waals surface area contributed by atoms with Gasteiger partial charge in [0.15, 0.2) is 5.82 Å². The van der Waals surface area contributed by atoms with Gasteiger partial charge in [-0.3, -0.25) is 5.01 Å². The Bertz CT molecular complexity index is 1010. The number of hydrogen-bond acceptors (Lipinski definition) is 4. The molecule has 0 aliphatic carbocycles. The number of methoxy groups -OCH3 is 1. The molecule has 4 rings (SSSR count). The molecule has 160 valence electrons. The third kappa shape index (κ3) is 3.25. The Hall–Kier alpha value is -2.53. The van der Waals surface area contributed by atoms with E-state index in [2.05, 4.69) is 80.4 Å². The highest BCUT2D eigenvalue weighted by Gasteiger charge is 2.39. The van der Waals surface area contributed by atoms with Gasteiger partial charge < -0.3 is 9.30 Å². The second-order valence-electron chi connectivity index (χ2n) is 8.59. The summed E-state index contributed by atoms with van der Waals surface area (Å²) in [6.07, 6.45) is 4.27. The summed E-state index contributed by atoms with van der Waals surface area (Å²) in [5.74, 6) is 2.27. The van der Waals surface area contributed by atoms with Crippen LogP contribution in [0.3, 0.4) is 0 Å². The molecule has 3 heterocycles. The number of aliphatic imine (C=N–C) groups is 1.